The summed E-state index contributed by atoms with van der Waals surface area (Å²) >= 11 is 0. The Bertz CT molecular complexity index is 1620. The van der Waals surface area contributed by atoms with Crippen LogP contribution in [0.3, 0.4) is 0 Å². The van der Waals surface area contributed by atoms with Crippen LogP contribution in [-0.4, -0.2) is 49.7 Å². The van der Waals surface area contributed by atoms with Crippen molar-refractivity contribution in [2.45, 2.75) is 27.2 Å². The smallest absolute Gasteiger partial charge is 0.229 e. The van der Waals surface area contributed by atoms with Gasteiger partial charge in [0.2, 0.25) is 5.91 Å². The molecule has 0 fully saturated rings. The largest absolute Gasteiger partial charge is 0.493 e. The molecule has 0 aliphatic carbocycles. The normalized spacial score (nSPS) is 11.1. The molecule has 0 bridgehead atoms. The van der Waals surface area contributed by atoms with E-state index in [0.29, 0.717) is 34.2 Å². The van der Waals surface area contributed by atoms with Gasteiger partial charge in [0.1, 0.15) is 12.1 Å². The number of benzene rings is 2. The van der Waals surface area contributed by atoms with E-state index in [2.05, 4.69) is 38.5 Å². The third-order valence-corrected chi connectivity index (χ3v) is 6.04. The molecule has 0 aliphatic rings. The molecule has 0 radical (unpaired) electrons. The van der Waals surface area contributed by atoms with Crippen LogP contribution in [0.25, 0.3) is 22.5 Å². The van der Waals surface area contributed by atoms with Gasteiger partial charge in [0.15, 0.2) is 23.0 Å². The summed E-state index contributed by atoms with van der Waals surface area (Å²) in [5.41, 5.74) is 5.36. The minimum Gasteiger partial charge on any atom is -0.493 e. The number of aryl methyl sites for hydroxylation is 3. The molecule has 188 valence electrons. The van der Waals surface area contributed by atoms with Crippen molar-refractivity contribution >= 4 is 22.8 Å². The fourth-order valence-electron chi connectivity index (χ4n) is 4.33. The molecule has 37 heavy (non-hydrogen) atoms. The van der Waals surface area contributed by atoms with Crippen LogP contribution in [0.15, 0.2) is 55.0 Å². The second-order valence-corrected chi connectivity index (χ2v) is 8.78. The number of aromatic nitrogens is 6. The van der Waals surface area contributed by atoms with Crippen LogP contribution in [0.4, 0.5) is 5.82 Å². The number of nitrogens with zero attached hydrogens (tertiary/aromatic N) is 6. The van der Waals surface area contributed by atoms with Crippen molar-refractivity contribution in [1.82, 2.24) is 29.5 Å². The highest BCUT2D eigenvalue weighted by Gasteiger charge is 2.18. The number of amides is 1. The molecule has 10 nitrogen and oxygen atoms in total. The predicted octanol–water partition coefficient (Wildman–Crippen LogP) is 4.12. The van der Waals surface area contributed by atoms with Crippen LogP contribution in [0.5, 0.6) is 11.5 Å². The lowest BCUT2D eigenvalue weighted by molar-refractivity contribution is -0.115. The summed E-state index contributed by atoms with van der Waals surface area (Å²) in [6, 6.07) is 13.4. The minimum absolute atomic E-state index is 0.147. The quantitative estimate of drug-likeness (QED) is 0.360. The molecule has 0 spiro atoms. The van der Waals surface area contributed by atoms with Crippen molar-refractivity contribution in [1.29, 1.82) is 0 Å². The third kappa shape index (κ3) is 4.61. The van der Waals surface area contributed by atoms with Crippen molar-refractivity contribution in [2.75, 3.05) is 19.5 Å². The first-order valence-corrected chi connectivity index (χ1v) is 11.7. The lowest BCUT2D eigenvalue weighted by Gasteiger charge is -2.11. The summed E-state index contributed by atoms with van der Waals surface area (Å²) in [6.07, 6.45) is 3.34. The van der Waals surface area contributed by atoms with E-state index in [4.69, 9.17) is 9.47 Å². The summed E-state index contributed by atoms with van der Waals surface area (Å²) in [4.78, 5) is 21.9. The fraction of sp³-hybridized carbons (Fsp3) is 0.222. The maximum atomic E-state index is 13.0. The highest BCUT2D eigenvalue weighted by molar-refractivity contribution is 5.92. The number of hydrogen-bond acceptors (Lipinski definition) is 7. The summed E-state index contributed by atoms with van der Waals surface area (Å²) in [7, 11) is 3.14. The topological polar surface area (TPSA) is 109 Å². The van der Waals surface area contributed by atoms with Gasteiger partial charge < -0.3 is 14.8 Å². The SMILES string of the molecule is COc1ccc(CC(=O)Nc2cc(C)nn2-c2ncnc3c2cnn3-c2ccc(C)cc2C)cc1OC. The average Bonchev–Trinajstić information content (AvgIpc) is 3.47. The van der Waals surface area contributed by atoms with Crippen LogP contribution < -0.4 is 14.8 Å². The zero-order chi connectivity index (χ0) is 26.1. The van der Waals surface area contributed by atoms with Gasteiger partial charge in [-0.2, -0.15) is 14.9 Å². The molecule has 3 aromatic heterocycles. The number of fused-ring (bicyclic) bond motifs is 1. The van der Waals surface area contributed by atoms with Gasteiger partial charge in [0.25, 0.3) is 0 Å². The zero-order valence-corrected chi connectivity index (χ0v) is 21.3. The van der Waals surface area contributed by atoms with Gasteiger partial charge >= 0.3 is 0 Å². The monoisotopic (exact) mass is 497 g/mol. The van der Waals surface area contributed by atoms with Crippen molar-refractivity contribution in [3.05, 3.63) is 77.4 Å². The number of anilines is 1. The fourth-order valence-corrected chi connectivity index (χ4v) is 4.33. The van der Waals surface area contributed by atoms with Crippen LogP contribution >= 0.6 is 0 Å². The highest BCUT2D eigenvalue weighted by Crippen LogP contribution is 2.28. The summed E-state index contributed by atoms with van der Waals surface area (Å²) in [6.45, 7) is 5.96. The molecule has 2 aromatic carbocycles. The average molecular weight is 498 g/mol. The number of ether oxygens (including phenoxy) is 2. The van der Waals surface area contributed by atoms with E-state index in [1.165, 1.54) is 11.9 Å². The van der Waals surface area contributed by atoms with Crippen LogP contribution in [0.1, 0.15) is 22.4 Å². The summed E-state index contributed by atoms with van der Waals surface area (Å²) < 4.78 is 14.0. The predicted molar refractivity (Wildman–Crippen MR) is 140 cm³/mol. The van der Waals surface area contributed by atoms with Gasteiger partial charge in [-0.1, -0.05) is 23.8 Å². The first-order chi connectivity index (χ1) is 17.9. The van der Waals surface area contributed by atoms with Gasteiger partial charge in [0.05, 0.1) is 43.6 Å². The number of methoxy groups -OCH3 is 2. The Morgan fingerprint density at radius 3 is 2.51 bits per heavy atom. The summed E-state index contributed by atoms with van der Waals surface area (Å²) in [5, 5.41) is 12.9. The number of carbonyl (C=O) groups excluding carboxylic acids is 1. The van der Waals surface area contributed by atoms with Crippen LogP contribution in [0.2, 0.25) is 0 Å². The Labute approximate surface area is 213 Å². The molecule has 5 rings (SSSR count). The maximum Gasteiger partial charge on any atom is 0.229 e. The molecule has 0 saturated carbocycles. The molecular formula is C27H27N7O3. The van der Waals surface area contributed by atoms with Crippen molar-refractivity contribution in [2.24, 2.45) is 0 Å². The first kappa shape index (κ1) is 24.0. The van der Waals surface area contributed by atoms with Gasteiger partial charge in [-0.05, 0) is 50.1 Å². The van der Waals surface area contributed by atoms with Crippen molar-refractivity contribution < 1.29 is 14.3 Å². The minimum atomic E-state index is -0.204. The first-order valence-electron chi connectivity index (χ1n) is 11.7. The number of hydrogen-bond donors (Lipinski definition) is 1. The van der Waals surface area contributed by atoms with Gasteiger partial charge in [-0.3, -0.25) is 4.79 Å². The van der Waals surface area contributed by atoms with E-state index >= 15 is 0 Å². The standard InChI is InChI=1S/C27H27N7O3/c1-16-6-8-21(17(2)10-16)33-26-20(14-30-33)27(29-15-28-26)34-24(11-18(3)32-34)31-25(35)13-19-7-9-22(36-4)23(12-19)37-5/h6-12,14-15H,13H2,1-5H3,(H,31,35). The van der Waals surface area contributed by atoms with E-state index in [9.17, 15) is 4.79 Å². The molecular weight excluding hydrogens is 470 g/mol. The lowest BCUT2D eigenvalue weighted by Crippen LogP contribution is -2.17. The Morgan fingerprint density at radius 1 is 0.946 bits per heavy atom. The van der Waals surface area contributed by atoms with Gasteiger partial charge in [-0.15, -0.1) is 0 Å². The van der Waals surface area contributed by atoms with Crippen LogP contribution in [0, 0.1) is 20.8 Å². The molecule has 0 unspecified atom stereocenters. The third-order valence-electron chi connectivity index (χ3n) is 6.04. The Kier molecular flexibility index (Phi) is 6.31. The Hall–Kier alpha value is -4.73. The molecule has 5 aromatic rings. The second kappa shape index (κ2) is 9.73. The van der Waals surface area contributed by atoms with E-state index in [-0.39, 0.29) is 12.3 Å². The second-order valence-electron chi connectivity index (χ2n) is 8.78. The molecule has 3 heterocycles. The van der Waals surface area contributed by atoms with E-state index < -0.39 is 0 Å². The van der Waals surface area contributed by atoms with Crippen LogP contribution in [-0.2, 0) is 11.2 Å². The Balaban J connectivity index is 1.47. The van der Waals surface area contributed by atoms with Gasteiger partial charge in [-0.25, -0.2) is 14.6 Å². The number of carbonyl (C=O) groups is 1. The molecule has 1 N–H and O–H groups in total. The molecule has 0 atom stereocenters. The van der Waals surface area contributed by atoms with Crippen molar-refractivity contribution in [3.63, 3.8) is 0 Å². The van der Waals surface area contributed by atoms with E-state index in [0.717, 1.165) is 22.5 Å². The molecule has 0 aliphatic heterocycles. The zero-order valence-electron chi connectivity index (χ0n) is 21.3. The molecule has 10 heteroatoms. The van der Waals surface area contributed by atoms with Gasteiger partial charge in [0, 0.05) is 6.07 Å². The number of rotatable bonds is 7. The van der Waals surface area contributed by atoms with E-state index in [1.54, 1.807) is 48.0 Å². The van der Waals surface area contributed by atoms with E-state index in [1.807, 2.05) is 32.0 Å². The maximum absolute atomic E-state index is 13.0. The van der Waals surface area contributed by atoms with Crippen molar-refractivity contribution in [3.8, 4) is 23.0 Å². The number of nitrogens with one attached hydrogen (secondary N) is 1. The highest BCUT2D eigenvalue weighted by atomic mass is 16.5. The molecule has 1 amide bonds. The lowest BCUT2D eigenvalue weighted by atomic mass is 10.1. The summed E-state index contributed by atoms with van der Waals surface area (Å²) in [5.74, 6) is 2.00. The Morgan fingerprint density at radius 2 is 1.76 bits per heavy atom. The molecule has 0 saturated heterocycles.